The van der Waals surface area contributed by atoms with Gasteiger partial charge in [-0.1, -0.05) is 30.3 Å². The first-order valence-corrected chi connectivity index (χ1v) is 7.58. The average Bonchev–Trinajstić information content (AvgIpc) is 3.23. The van der Waals surface area contributed by atoms with E-state index in [1.807, 2.05) is 39.8 Å². The van der Waals surface area contributed by atoms with Gasteiger partial charge < -0.3 is 9.30 Å². The van der Waals surface area contributed by atoms with Crippen LogP contribution in [-0.4, -0.2) is 33.3 Å². The molecule has 0 radical (unpaired) electrons. The lowest BCUT2D eigenvalue weighted by Gasteiger charge is -2.16. The number of carbonyl (C=O) groups excluding carboxylic acids is 1. The number of carbonyl (C=O) groups is 1. The Balaban J connectivity index is 1.54. The summed E-state index contributed by atoms with van der Waals surface area (Å²) in [5.74, 6) is 0.462. The second kappa shape index (κ2) is 5.30. The van der Waals surface area contributed by atoms with Crippen molar-refractivity contribution in [2.24, 2.45) is 0 Å². The number of amides is 1. The predicted octanol–water partition coefficient (Wildman–Crippen LogP) is 2.96. The number of fused-ring (bicyclic) bond motifs is 1. The first kappa shape index (κ1) is 13.1. The van der Waals surface area contributed by atoms with Gasteiger partial charge in [0.25, 0.3) is 5.91 Å². The summed E-state index contributed by atoms with van der Waals surface area (Å²) in [6.45, 7) is 1.57. The summed E-state index contributed by atoms with van der Waals surface area (Å²) in [4.78, 5) is 18.9. The Morgan fingerprint density at radius 2 is 2.00 bits per heavy atom. The quantitative estimate of drug-likeness (QED) is 0.728. The van der Waals surface area contributed by atoms with Gasteiger partial charge in [0.15, 0.2) is 0 Å². The molecule has 3 heterocycles. The highest BCUT2D eigenvalue weighted by atomic mass is 16.2. The molecular formula is C18H17N3O. The number of rotatable bonds is 2. The molecule has 0 saturated carbocycles. The van der Waals surface area contributed by atoms with Crippen LogP contribution in [0, 0.1) is 0 Å². The Morgan fingerprint density at radius 1 is 1.14 bits per heavy atom. The van der Waals surface area contributed by atoms with Crippen molar-refractivity contribution >= 4 is 11.4 Å². The topological polar surface area (TPSA) is 37.6 Å². The molecular weight excluding hydrogens is 274 g/mol. The Bertz CT molecular complexity index is 809. The summed E-state index contributed by atoms with van der Waals surface area (Å²) >= 11 is 0. The molecule has 0 spiro atoms. The molecule has 1 aliphatic heterocycles. The Kier molecular flexibility index (Phi) is 3.15. The van der Waals surface area contributed by atoms with Crippen LogP contribution in [-0.2, 0) is 0 Å². The molecule has 0 N–H and O–H groups in total. The van der Waals surface area contributed by atoms with Crippen LogP contribution in [0.25, 0.3) is 5.52 Å². The fourth-order valence-electron chi connectivity index (χ4n) is 3.16. The predicted molar refractivity (Wildman–Crippen MR) is 84.9 cm³/mol. The molecule has 3 aromatic rings. The molecule has 0 aliphatic carbocycles. The van der Waals surface area contributed by atoms with Crippen LogP contribution in [0.4, 0.5) is 0 Å². The SMILES string of the molecule is O=C(c1cc2cccn2cn1)N1CCC(c2ccccc2)C1. The second-order valence-corrected chi connectivity index (χ2v) is 5.76. The normalized spacial score (nSPS) is 18.0. The van der Waals surface area contributed by atoms with Crippen LogP contribution in [0.15, 0.2) is 61.1 Å². The van der Waals surface area contributed by atoms with Gasteiger partial charge in [0, 0.05) is 30.7 Å². The van der Waals surface area contributed by atoms with Crippen molar-refractivity contribution in [1.82, 2.24) is 14.3 Å². The van der Waals surface area contributed by atoms with Crippen molar-refractivity contribution in [3.05, 3.63) is 72.3 Å². The molecule has 1 unspecified atom stereocenters. The Hall–Kier alpha value is -2.62. The Morgan fingerprint density at radius 3 is 2.86 bits per heavy atom. The first-order chi connectivity index (χ1) is 10.8. The number of hydrogen-bond donors (Lipinski definition) is 0. The lowest BCUT2D eigenvalue weighted by molar-refractivity contribution is 0.0785. The zero-order chi connectivity index (χ0) is 14.9. The van der Waals surface area contributed by atoms with Gasteiger partial charge in [-0.2, -0.15) is 0 Å². The number of benzene rings is 1. The molecule has 22 heavy (non-hydrogen) atoms. The van der Waals surface area contributed by atoms with E-state index >= 15 is 0 Å². The summed E-state index contributed by atoms with van der Waals surface area (Å²) in [6, 6.07) is 16.2. The Labute approximate surface area is 129 Å². The summed E-state index contributed by atoms with van der Waals surface area (Å²) in [6.07, 6.45) is 4.65. The molecule has 1 amide bonds. The lowest BCUT2D eigenvalue weighted by Crippen LogP contribution is -2.29. The molecule has 1 saturated heterocycles. The lowest BCUT2D eigenvalue weighted by atomic mass is 9.99. The van der Waals surface area contributed by atoms with E-state index in [0.29, 0.717) is 11.6 Å². The number of hydrogen-bond acceptors (Lipinski definition) is 2. The minimum absolute atomic E-state index is 0.0298. The smallest absolute Gasteiger partial charge is 0.272 e. The van der Waals surface area contributed by atoms with Gasteiger partial charge >= 0.3 is 0 Å². The summed E-state index contributed by atoms with van der Waals surface area (Å²) in [7, 11) is 0. The van der Waals surface area contributed by atoms with Crippen molar-refractivity contribution < 1.29 is 4.79 Å². The molecule has 4 rings (SSSR count). The standard InChI is InChI=1S/C18H17N3O/c22-18(17-11-16-7-4-9-21(16)13-19-17)20-10-8-15(12-20)14-5-2-1-3-6-14/h1-7,9,11,13,15H,8,10,12H2. The fourth-order valence-corrected chi connectivity index (χ4v) is 3.16. The molecule has 1 atom stereocenters. The maximum atomic E-state index is 12.6. The third-order valence-corrected chi connectivity index (χ3v) is 4.38. The van der Waals surface area contributed by atoms with Crippen molar-refractivity contribution in [2.75, 3.05) is 13.1 Å². The van der Waals surface area contributed by atoms with E-state index in [4.69, 9.17) is 0 Å². The second-order valence-electron chi connectivity index (χ2n) is 5.76. The molecule has 4 nitrogen and oxygen atoms in total. The average molecular weight is 291 g/mol. The maximum absolute atomic E-state index is 12.6. The zero-order valence-electron chi connectivity index (χ0n) is 12.2. The van der Waals surface area contributed by atoms with Crippen molar-refractivity contribution in [3.63, 3.8) is 0 Å². The third-order valence-electron chi connectivity index (χ3n) is 4.38. The third kappa shape index (κ3) is 2.26. The van der Waals surface area contributed by atoms with Crippen LogP contribution in [0.1, 0.15) is 28.4 Å². The van der Waals surface area contributed by atoms with Gasteiger partial charge in [-0.05, 0) is 30.2 Å². The molecule has 4 heteroatoms. The van der Waals surface area contributed by atoms with Crippen molar-refractivity contribution in [3.8, 4) is 0 Å². The van der Waals surface area contributed by atoms with E-state index in [-0.39, 0.29) is 5.91 Å². The summed E-state index contributed by atoms with van der Waals surface area (Å²) < 4.78 is 1.91. The van der Waals surface area contributed by atoms with E-state index in [1.165, 1.54) is 5.56 Å². The van der Waals surface area contributed by atoms with Gasteiger partial charge in [-0.3, -0.25) is 4.79 Å². The molecule has 1 aromatic carbocycles. The van der Waals surface area contributed by atoms with Gasteiger partial charge in [0.1, 0.15) is 5.69 Å². The number of likely N-dealkylation sites (tertiary alicyclic amines) is 1. The number of aromatic nitrogens is 2. The highest BCUT2D eigenvalue weighted by molar-refractivity contribution is 5.93. The van der Waals surface area contributed by atoms with Crippen LogP contribution in [0.2, 0.25) is 0 Å². The summed E-state index contributed by atoms with van der Waals surface area (Å²) in [5, 5.41) is 0. The molecule has 1 fully saturated rings. The minimum atomic E-state index is 0.0298. The van der Waals surface area contributed by atoms with Gasteiger partial charge in [0.05, 0.1) is 6.33 Å². The van der Waals surface area contributed by atoms with E-state index in [1.54, 1.807) is 6.33 Å². The van der Waals surface area contributed by atoms with Crippen molar-refractivity contribution in [1.29, 1.82) is 0 Å². The molecule has 2 aromatic heterocycles. The fraction of sp³-hybridized carbons (Fsp3) is 0.222. The molecule has 1 aliphatic rings. The van der Waals surface area contributed by atoms with Crippen LogP contribution < -0.4 is 0 Å². The van der Waals surface area contributed by atoms with Crippen LogP contribution >= 0.6 is 0 Å². The molecule has 0 bridgehead atoms. The zero-order valence-corrected chi connectivity index (χ0v) is 12.2. The monoisotopic (exact) mass is 291 g/mol. The molecule has 110 valence electrons. The van der Waals surface area contributed by atoms with E-state index < -0.39 is 0 Å². The van der Waals surface area contributed by atoms with Crippen LogP contribution in [0.5, 0.6) is 0 Å². The van der Waals surface area contributed by atoms with Crippen molar-refractivity contribution in [2.45, 2.75) is 12.3 Å². The van der Waals surface area contributed by atoms with Gasteiger partial charge in [-0.15, -0.1) is 0 Å². The minimum Gasteiger partial charge on any atom is -0.337 e. The van der Waals surface area contributed by atoms with Gasteiger partial charge in [-0.25, -0.2) is 4.98 Å². The maximum Gasteiger partial charge on any atom is 0.272 e. The highest BCUT2D eigenvalue weighted by Gasteiger charge is 2.28. The van der Waals surface area contributed by atoms with E-state index in [0.717, 1.165) is 25.0 Å². The van der Waals surface area contributed by atoms with E-state index in [2.05, 4.69) is 29.2 Å². The largest absolute Gasteiger partial charge is 0.337 e. The van der Waals surface area contributed by atoms with Crippen LogP contribution in [0.3, 0.4) is 0 Å². The first-order valence-electron chi connectivity index (χ1n) is 7.58. The highest BCUT2D eigenvalue weighted by Crippen LogP contribution is 2.27. The van der Waals surface area contributed by atoms with E-state index in [9.17, 15) is 4.79 Å². The van der Waals surface area contributed by atoms with Gasteiger partial charge in [0.2, 0.25) is 0 Å². The number of nitrogens with zero attached hydrogens (tertiary/aromatic N) is 3. The summed E-state index contributed by atoms with van der Waals surface area (Å²) in [5.41, 5.74) is 2.84.